The highest BCUT2D eigenvalue weighted by Gasteiger charge is 2.15. The number of rotatable bonds is 2. The Balaban J connectivity index is 0.00000128. The Labute approximate surface area is 112 Å². The van der Waals surface area contributed by atoms with Crippen molar-refractivity contribution in [2.45, 2.75) is 25.4 Å². The third-order valence-electron chi connectivity index (χ3n) is 2.93. The quantitative estimate of drug-likeness (QED) is 0.910. The first-order chi connectivity index (χ1) is 7.24. The van der Waals surface area contributed by atoms with Gasteiger partial charge in [-0.3, -0.25) is 4.90 Å². The molecule has 0 radical (unpaired) electrons. The maximum Gasteiger partial charge on any atom is 0.0234 e. The number of benzene rings is 1. The Morgan fingerprint density at radius 2 is 2.00 bits per heavy atom. The summed E-state index contributed by atoms with van der Waals surface area (Å²) in [6, 6.07) is 8.95. The van der Waals surface area contributed by atoms with E-state index in [9.17, 15) is 0 Å². The van der Waals surface area contributed by atoms with Gasteiger partial charge in [-0.05, 0) is 43.6 Å². The summed E-state index contributed by atoms with van der Waals surface area (Å²) < 4.78 is 1.16. The van der Waals surface area contributed by atoms with Gasteiger partial charge in [-0.15, -0.1) is 12.4 Å². The second-order valence-electron chi connectivity index (χ2n) is 4.24. The van der Waals surface area contributed by atoms with Gasteiger partial charge in [0.1, 0.15) is 0 Å². The zero-order valence-corrected chi connectivity index (χ0v) is 11.6. The minimum absolute atomic E-state index is 0. The molecule has 0 aliphatic carbocycles. The molecule has 1 fully saturated rings. The second kappa shape index (κ2) is 6.60. The molecule has 2 N–H and O–H groups in total. The molecule has 2 nitrogen and oxygen atoms in total. The molecule has 1 aromatic carbocycles. The van der Waals surface area contributed by atoms with E-state index in [1.807, 2.05) is 0 Å². The van der Waals surface area contributed by atoms with E-state index in [-0.39, 0.29) is 12.4 Å². The van der Waals surface area contributed by atoms with Crippen molar-refractivity contribution in [2.24, 2.45) is 5.73 Å². The molecule has 16 heavy (non-hydrogen) atoms. The average Bonchev–Trinajstić information content (AvgIpc) is 2.22. The van der Waals surface area contributed by atoms with Crippen LogP contribution in [0.2, 0.25) is 0 Å². The molecule has 2 rings (SSSR count). The fourth-order valence-corrected chi connectivity index (χ4v) is 2.45. The van der Waals surface area contributed by atoms with Crippen molar-refractivity contribution < 1.29 is 0 Å². The van der Waals surface area contributed by atoms with Crippen LogP contribution in [0, 0.1) is 0 Å². The number of nitrogens with zero attached hydrogens (tertiary/aromatic N) is 1. The van der Waals surface area contributed by atoms with E-state index in [0.29, 0.717) is 6.04 Å². The molecular weight excluding hydrogens is 288 g/mol. The lowest BCUT2D eigenvalue weighted by Gasteiger charge is -2.30. The Bertz CT molecular complexity index is 325. The van der Waals surface area contributed by atoms with Gasteiger partial charge in [0.05, 0.1) is 0 Å². The Morgan fingerprint density at radius 3 is 2.62 bits per heavy atom. The van der Waals surface area contributed by atoms with Crippen LogP contribution in [0.4, 0.5) is 0 Å². The molecule has 1 heterocycles. The molecule has 0 aromatic heterocycles. The van der Waals surface area contributed by atoms with Crippen molar-refractivity contribution >= 4 is 28.3 Å². The third-order valence-corrected chi connectivity index (χ3v) is 3.42. The molecule has 1 aliphatic heterocycles. The fraction of sp³-hybridized carbons (Fsp3) is 0.500. The van der Waals surface area contributed by atoms with Gasteiger partial charge < -0.3 is 5.73 Å². The topological polar surface area (TPSA) is 29.3 Å². The summed E-state index contributed by atoms with van der Waals surface area (Å²) >= 11 is 3.50. The van der Waals surface area contributed by atoms with Gasteiger partial charge in [0.15, 0.2) is 0 Å². The molecule has 1 aliphatic rings. The zero-order valence-electron chi connectivity index (χ0n) is 9.23. The molecule has 0 atom stereocenters. The number of halogens is 2. The monoisotopic (exact) mass is 304 g/mol. The van der Waals surface area contributed by atoms with E-state index in [1.54, 1.807) is 0 Å². The van der Waals surface area contributed by atoms with Gasteiger partial charge in [-0.1, -0.05) is 28.1 Å². The van der Waals surface area contributed by atoms with Crippen LogP contribution in [0.5, 0.6) is 0 Å². The van der Waals surface area contributed by atoms with Gasteiger partial charge in [0.25, 0.3) is 0 Å². The highest BCUT2D eigenvalue weighted by Crippen LogP contribution is 2.16. The van der Waals surface area contributed by atoms with Crippen LogP contribution >= 0.6 is 28.3 Å². The molecule has 1 aromatic rings. The van der Waals surface area contributed by atoms with Crippen LogP contribution < -0.4 is 5.73 Å². The number of likely N-dealkylation sites (tertiary alicyclic amines) is 1. The Hall–Kier alpha value is -0.0900. The van der Waals surface area contributed by atoms with Gasteiger partial charge in [0.2, 0.25) is 0 Å². The van der Waals surface area contributed by atoms with E-state index in [1.165, 1.54) is 5.56 Å². The lowest BCUT2D eigenvalue weighted by atomic mass is 10.1. The molecule has 0 spiro atoms. The normalized spacial score (nSPS) is 18.1. The largest absolute Gasteiger partial charge is 0.328 e. The maximum atomic E-state index is 5.88. The van der Waals surface area contributed by atoms with E-state index < -0.39 is 0 Å². The minimum Gasteiger partial charge on any atom is -0.328 e. The molecule has 0 bridgehead atoms. The van der Waals surface area contributed by atoms with Crippen LogP contribution in [-0.4, -0.2) is 24.0 Å². The highest BCUT2D eigenvalue weighted by molar-refractivity contribution is 9.10. The lowest BCUT2D eigenvalue weighted by Crippen LogP contribution is -2.39. The van der Waals surface area contributed by atoms with Crippen LogP contribution in [0.3, 0.4) is 0 Å². The molecule has 0 unspecified atom stereocenters. The van der Waals surface area contributed by atoms with Crippen molar-refractivity contribution in [3.8, 4) is 0 Å². The van der Waals surface area contributed by atoms with Crippen molar-refractivity contribution in [3.63, 3.8) is 0 Å². The van der Waals surface area contributed by atoms with Crippen LogP contribution in [0.15, 0.2) is 28.7 Å². The molecule has 90 valence electrons. The zero-order chi connectivity index (χ0) is 10.7. The second-order valence-corrected chi connectivity index (χ2v) is 5.16. The molecular formula is C12H18BrClN2. The van der Waals surface area contributed by atoms with Crippen molar-refractivity contribution in [3.05, 3.63) is 34.3 Å². The minimum atomic E-state index is 0. The smallest absolute Gasteiger partial charge is 0.0234 e. The SMILES string of the molecule is Cl.NC1CCN(Cc2cccc(Br)c2)CC1. The van der Waals surface area contributed by atoms with Crippen LogP contribution in [0.25, 0.3) is 0 Å². The van der Waals surface area contributed by atoms with E-state index in [2.05, 4.69) is 45.1 Å². The summed E-state index contributed by atoms with van der Waals surface area (Å²) in [5.41, 5.74) is 7.26. The summed E-state index contributed by atoms with van der Waals surface area (Å²) in [4.78, 5) is 2.48. The van der Waals surface area contributed by atoms with Crippen molar-refractivity contribution in [2.75, 3.05) is 13.1 Å². The van der Waals surface area contributed by atoms with Gasteiger partial charge >= 0.3 is 0 Å². The summed E-state index contributed by atoms with van der Waals surface area (Å²) in [5.74, 6) is 0. The van der Waals surface area contributed by atoms with Crippen LogP contribution in [-0.2, 0) is 6.54 Å². The lowest BCUT2D eigenvalue weighted by molar-refractivity contribution is 0.205. The van der Waals surface area contributed by atoms with Gasteiger partial charge in [-0.2, -0.15) is 0 Å². The van der Waals surface area contributed by atoms with E-state index in [0.717, 1.165) is 36.9 Å². The predicted molar refractivity (Wildman–Crippen MR) is 73.9 cm³/mol. The highest BCUT2D eigenvalue weighted by atomic mass is 79.9. The molecule has 0 saturated carbocycles. The Kier molecular flexibility index (Phi) is 5.76. The number of piperidine rings is 1. The molecule has 4 heteroatoms. The molecule has 1 saturated heterocycles. The fourth-order valence-electron chi connectivity index (χ4n) is 2.00. The first-order valence-electron chi connectivity index (χ1n) is 5.46. The maximum absolute atomic E-state index is 5.88. The predicted octanol–water partition coefficient (Wildman–Crippen LogP) is 2.79. The van der Waals surface area contributed by atoms with E-state index >= 15 is 0 Å². The average molecular weight is 306 g/mol. The Morgan fingerprint density at radius 1 is 1.31 bits per heavy atom. The van der Waals surface area contributed by atoms with Gasteiger partial charge in [-0.25, -0.2) is 0 Å². The first kappa shape index (κ1) is 14.0. The van der Waals surface area contributed by atoms with Crippen molar-refractivity contribution in [1.29, 1.82) is 0 Å². The summed E-state index contributed by atoms with van der Waals surface area (Å²) in [6.07, 6.45) is 2.27. The summed E-state index contributed by atoms with van der Waals surface area (Å²) in [6.45, 7) is 3.31. The van der Waals surface area contributed by atoms with Gasteiger partial charge in [0, 0.05) is 17.1 Å². The first-order valence-corrected chi connectivity index (χ1v) is 6.26. The summed E-state index contributed by atoms with van der Waals surface area (Å²) in [7, 11) is 0. The number of nitrogens with two attached hydrogens (primary N) is 1. The van der Waals surface area contributed by atoms with Crippen molar-refractivity contribution in [1.82, 2.24) is 4.90 Å². The standard InChI is InChI=1S/C12H17BrN2.ClH/c13-11-3-1-2-10(8-11)9-15-6-4-12(14)5-7-15;/h1-3,8,12H,4-7,9,14H2;1H. The third kappa shape index (κ3) is 4.06. The number of hydrogen-bond donors (Lipinski definition) is 1. The summed E-state index contributed by atoms with van der Waals surface area (Å²) in [5, 5.41) is 0. The van der Waals surface area contributed by atoms with E-state index in [4.69, 9.17) is 5.73 Å². The van der Waals surface area contributed by atoms with Crippen LogP contribution in [0.1, 0.15) is 18.4 Å². The number of hydrogen-bond acceptors (Lipinski definition) is 2. The molecule has 0 amide bonds.